The van der Waals surface area contributed by atoms with E-state index in [0.717, 1.165) is 30.6 Å². The zero-order chi connectivity index (χ0) is 11.8. The smallest absolute Gasteiger partial charge is 0.145 e. The second-order valence-corrected chi connectivity index (χ2v) is 5.71. The van der Waals surface area contributed by atoms with Crippen LogP contribution in [-0.4, -0.2) is 6.29 Å². The summed E-state index contributed by atoms with van der Waals surface area (Å²) in [6.45, 7) is 6.72. The largest absolute Gasteiger partial charge is 0.298 e. The summed E-state index contributed by atoms with van der Waals surface area (Å²) < 4.78 is 0. The van der Waals surface area contributed by atoms with Crippen LogP contribution >= 0.6 is 0 Å². The number of hydrogen-bond acceptors (Lipinski definition) is 1. The second-order valence-electron chi connectivity index (χ2n) is 5.71. The van der Waals surface area contributed by atoms with Crippen molar-refractivity contribution in [3.63, 3.8) is 0 Å². The number of allylic oxidation sites excluding steroid dienone is 4. The average Bonchev–Trinajstić information content (AvgIpc) is 2.29. The summed E-state index contributed by atoms with van der Waals surface area (Å²) in [5.74, 6) is 0.752. The van der Waals surface area contributed by atoms with Gasteiger partial charge in [0.15, 0.2) is 0 Å². The molecule has 0 spiro atoms. The van der Waals surface area contributed by atoms with Gasteiger partial charge in [-0.05, 0) is 55.9 Å². The fraction of sp³-hybridized carbons (Fsp3) is 0.667. The highest BCUT2D eigenvalue weighted by molar-refractivity contribution is 5.73. The third kappa shape index (κ3) is 1.77. The van der Waals surface area contributed by atoms with Crippen molar-refractivity contribution in [3.05, 3.63) is 22.8 Å². The Balaban J connectivity index is 2.33. The van der Waals surface area contributed by atoms with Crippen LogP contribution in [0, 0.1) is 11.3 Å². The molecule has 0 N–H and O–H groups in total. The van der Waals surface area contributed by atoms with Crippen molar-refractivity contribution in [3.8, 4) is 0 Å². The molecule has 1 nitrogen and oxygen atoms in total. The highest BCUT2D eigenvalue weighted by Gasteiger charge is 2.39. The van der Waals surface area contributed by atoms with Crippen molar-refractivity contribution in [2.75, 3.05) is 0 Å². The Morgan fingerprint density at radius 2 is 2.25 bits per heavy atom. The molecule has 1 fully saturated rings. The van der Waals surface area contributed by atoms with Crippen LogP contribution in [0.4, 0.5) is 0 Å². The number of aldehydes is 1. The number of carbonyl (C=O) groups is 1. The lowest BCUT2D eigenvalue weighted by atomic mass is 9.59. The van der Waals surface area contributed by atoms with Gasteiger partial charge in [0.1, 0.15) is 6.29 Å². The van der Waals surface area contributed by atoms with Crippen LogP contribution in [0.3, 0.4) is 0 Å². The van der Waals surface area contributed by atoms with Crippen LogP contribution < -0.4 is 0 Å². The lowest BCUT2D eigenvalue weighted by Gasteiger charge is -2.45. The molecule has 16 heavy (non-hydrogen) atoms. The Hall–Kier alpha value is -0.850. The van der Waals surface area contributed by atoms with E-state index in [0.29, 0.717) is 5.41 Å². The minimum atomic E-state index is 0.329. The summed E-state index contributed by atoms with van der Waals surface area (Å²) in [6, 6.07) is 0. The van der Waals surface area contributed by atoms with Crippen molar-refractivity contribution in [2.45, 2.75) is 52.9 Å². The minimum Gasteiger partial charge on any atom is -0.298 e. The van der Waals surface area contributed by atoms with Gasteiger partial charge in [-0.1, -0.05) is 31.1 Å². The van der Waals surface area contributed by atoms with E-state index in [2.05, 4.69) is 19.9 Å². The normalized spacial score (nSPS) is 37.4. The first-order valence-corrected chi connectivity index (χ1v) is 6.41. The standard InChI is InChI=1S/C15H22O/c1-11(10-16)13-7-8-14-6-4-5-12(2)15(14,3)9-13/h6,10,12H,4-5,7-9H2,1-3H3/b13-11+. The molecule has 88 valence electrons. The first-order valence-electron chi connectivity index (χ1n) is 6.41. The van der Waals surface area contributed by atoms with Gasteiger partial charge in [-0.25, -0.2) is 0 Å². The highest BCUT2D eigenvalue weighted by atomic mass is 16.1. The molecule has 0 radical (unpaired) electrons. The fourth-order valence-electron chi connectivity index (χ4n) is 3.29. The Kier molecular flexibility index (Phi) is 3.05. The van der Waals surface area contributed by atoms with E-state index in [1.807, 2.05) is 6.92 Å². The molecule has 2 atom stereocenters. The summed E-state index contributed by atoms with van der Waals surface area (Å²) >= 11 is 0. The van der Waals surface area contributed by atoms with E-state index in [1.54, 1.807) is 5.57 Å². The molecule has 2 unspecified atom stereocenters. The van der Waals surface area contributed by atoms with Gasteiger partial charge in [0.05, 0.1) is 0 Å². The third-order valence-corrected chi connectivity index (χ3v) is 4.82. The van der Waals surface area contributed by atoms with Gasteiger partial charge < -0.3 is 0 Å². The molecule has 0 heterocycles. The Labute approximate surface area is 98.6 Å². The second kappa shape index (κ2) is 4.20. The molecular weight excluding hydrogens is 196 g/mol. The average molecular weight is 218 g/mol. The van der Waals surface area contributed by atoms with Crippen molar-refractivity contribution >= 4 is 6.29 Å². The number of fused-ring (bicyclic) bond motifs is 1. The van der Waals surface area contributed by atoms with Crippen LogP contribution in [0.25, 0.3) is 0 Å². The van der Waals surface area contributed by atoms with Crippen LogP contribution in [0.5, 0.6) is 0 Å². The quantitative estimate of drug-likeness (QED) is 0.368. The van der Waals surface area contributed by atoms with Crippen LogP contribution in [-0.2, 0) is 4.79 Å². The summed E-state index contributed by atoms with van der Waals surface area (Å²) in [7, 11) is 0. The summed E-state index contributed by atoms with van der Waals surface area (Å²) in [5, 5.41) is 0. The lowest BCUT2D eigenvalue weighted by molar-refractivity contribution is -0.104. The fourth-order valence-corrected chi connectivity index (χ4v) is 3.29. The maximum Gasteiger partial charge on any atom is 0.145 e. The van der Waals surface area contributed by atoms with E-state index in [-0.39, 0.29) is 0 Å². The molecule has 0 bridgehead atoms. The SMILES string of the molecule is C/C(C=O)=C1/CCC2=CCCC(C)C2(C)C1. The third-order valence-electron chi connectivity index (χ3n) is 4.82. The predicted octanol–water partition coefficient (Wildman–Crippen LogP) is 4.05. The van der Waals surface area contributed by atoms with Gasteiger partial charge in [0.25, 0.3) is 0 Å². The Morgan fingerprint density at radius 3 is 2.94 bits per heavy atom. The van der Waals surface area contributed by atoms with Crippen LogP contribution in [0.15, 0.2) is 22.8 Å². The monoisotopic (exact) mass is 218 g/mol. The van der Waals surface area contributed by atoms with Gasteiger partial charge in [0, 0.05) is 0 Å². The van der Waals surface area contributed by atoms with Crippen molar-refractivity contribution < 1.29 is 4.79 Å². The van der Waals surface area contributed by atoms with Gasteiger partial charge in [0.2, 0.25) is 0 Å². The molecule has 0 aromatic carbocycles. The molecule has 1 heteroatoms. The molecule has 2 aliphatic rings. The summed E-state index contributed by atoms with van der Waals surface area (Å²) in [5.41, 5.74) is 4.34. The molecule has 0 aliphatic heterocycles. The minimum absolute atomic E-state index is 0.329. The summed E-state index contributed by atoms with van der Waals surface area (Å²) in [6.07, 6.45) is 9.39. The molecule has 2 aliphatic carbocycles. The molecule has 1 saturated carbocycles. The van der Waals surface area contributed by atoms with E-state index < -0.39 is 0 Å². The first-order chi connectivity index (χ1) is 7.58. The topological polar surface area (TPSA) is 17.1 Å². The molecular formula is C15H22O. The molecule has 0 amide bonds. The Bertz CT molecular complexity index is 362. The van der Waals surface area contributed by atoms with Crippen molar-refractivity contribution in [2.24, 2.45) is 11.3 Å². The van der Waals surface area contributed by atoms with Gasteiger partial charge >= 0.3 is 0 Å². The molecule has 0 aromatic rings. The van der Waals surface area contributed by atoms with E-state index >= 15 is 0 Å². The lowest BCUT2D eigenvalue weighted by Crippen LogP contribution is -2.34. The first kappa shape index (κ1) is 11.6. The van der Waals surface area contributed by atoms with Crippen LogP contribution in [0.2, 0.25) is 0 Å². The van der Waals surface area contributed by atoms with Gasteiger partial charge in [-0.3, -0.25) is 4.79 Å². The van der Waals surface area contributed by atoms with E-state index in [1.165, 1.54) is 24.8 Å². The molecule has 2 rings (SSSR count). The number of rotatable bonds is 1. The predicted molar refractivity (Wildman–Crippen MR) is 67.2 cm³/mol. The highest BCUT2D eigenvalue weighted by Crippen LogP contribution is 2.52. The number of carbonyl (C=O) groups excluding carboxylic acids is 1. The molecule has 0 saturated heterocycles. The van der Waals surface area contributed by atoms with Gasteiger partial charge in [-0.2, -0.15) is 0 Å². The van der Waals surface area contributed by atoms with Gasteiger partial charge in [-0.15, -0.1) is 0 Å². The maximum atomic E-state index is 10.9. The Morgan fingerprint density at radius 1 is 1.50 bits per heavy atom. The maximum absolute atomic E-state index is 10.9. The zero-order valence-corrected chi connectivity index (χ0v) is 10.7. The molecule has 0 aromatic heterocycles. The van der Waals surface area contributed by atoms with Crippen molar-refractivity contribution in [1.29, 1.82) is 0 Å². The van der Waals surface area contributed by atoms with E-state index in [4.69, 9.17) is 0 Å². The summed E-state index contributed by atoms with van der Waals surface area (Å²) in [4.78, 5) is 10.9. The number of hydrogen-bond donors (Lipinski definition) is 0. The van der Waals surface area contributed by atoms with E-state index in [9.17, 15) is 4.79 Å². The zero-order valence-electron chi connectivity index (χ0n) is 10.7. The van der Waals surface area contributed by atoms with Crippen LogP contribution in [0.1, 0.15) is 52.9 Å². The van der Waals surface area contributed by atoms with Crippen molar-refractivity contribution in [1.82, 2.24) is 0 Å².